The first kappa shape index (κ1) is 15.6. The molecule has 1 rings (SSSR count). The first-order valence-electron chi connectivity index (χ1n) is 7.02. The van der Waals surface area contributed by atoms with Crippen LogP contribution in [0.3, 0.4) is 0 Å². The van der Waals surface area contributed by atoms with Gasteiger partial charge in [-0.05, 0) is 25.8 Å². The van der Waals surface area contributed by atoms with E-state index >= 15 is 0 Å². The fraction of sp³-hybridized carbons (Fsp3) is 0.600. The van der Waals surface area contributed by atoms with Crippen LogP contribution in [0.2, 0.25) is 0 Å². The zero-order valence-electron chi connectivity index (χ0n) is 12.1. The lowest BCUT2D eigenvalue weighted by Gasteiger charge is -2.14. The maximum Gasteiger partial charge on any atom is 0.272 e. The van der Waals surface area contributed by atoms with Crippen molar-refractivity contribution < 1.29 is 4.92 Å². The largest absolute Gasteiger partial charge is 0.310 e. The molecule has 4 nitrogen and oxygen atoms in total. The number of hydrogen-bond acceptors (Lipinski definition) is 3. The van der Waals surface area contributed by atoms with Crippen molar-refractivity contribution in [1.82, 2.24) is 5.32 Å². The van der Waals surface area contributed by atoms with Gasteiger partial charge in [0.05, 0.1) is 4.92 Å². The molecule has 0 saturated carbocycles. The summed E-state index contributed by atoms with van der Waals surface area (Å²) in [6.45, 7) is 6.88. The first-order valence-corrected chi connectivity index (χ1v) is 7.02. The van der Waals surface area contributed by atoms with Crippen molar-refractivity contribution in [3.8, 4) is 0 Å². The summed E-state index contributed by atoms with van der Waals surface area (Å²) in [7, 11) is 0. The minimum absolute atomic E-state index is 0.206. The Morgan fingerprint density at radius 2 is 2.11 bits per heavy atom. The highest BCUT2D eigenvalue weighted by Crippen LogP contribution is 2.21. The van der Waals surface area contributed by atoms with Gasteiger partial charge in [0.1, 0.15) is 0 Å². The van der Waals surface area contributed by atoms with E-state index in [0.717, 1.165) is 17.5 Å². The minimum atomic E-state index is -0.316. The molecule has 0 radical (unpaired) electrons. The Morgan fingerprint density at radius 1 is 1.37 bits per heavy atom. The van der Waals surface area contributed by atoms with Crippen molar-refractivity contribution in [2.45, 2.75) is 59.0 Å². The van der Waals surface area contributed by atoms with Gasteiger partial charge in [-0.2, -0.15) is 0 Å². The van der Waals surface area contributed by atoms with Crippen LogP contribution in [0.15, 0.2) is 18.2 Å². The van der Waals surface area contributed by atoms with E-state index in [9.17, 15) is 10.1 Å². The summed E-state index contributed by atoms with van der Waals surface area (Å²) in [5.74, 6) is 0. The Bertz CT molecular complexity index is 419. The number of nitrogens with one attached hydrogen (secondary N) is 1. The van der Waals surface area contributed by atoms with Gasteiger partial charge in [0.25, 0.3) is 5.69 Å². The smallest absolute Gasteiger partial charge is 0.272 e. The lowest BCUT2D eigenvalue weighted by Crippen LogP contribution is -2.25. The third kappa shape index (κ3) is 4.99. The summed E-state index contributed by atoms with van der Waals surface area (Å²) >= 11 is 0. The Morgan fingerprint density at radius 3 is 2.74 bits per heavy atom. The van der Waals surface area contributed by atoms with Gasteiger partial charge in [0, 0.05) is 24.2 Å². The lowest BCUT2D eigenvalue weighted by atomic mass is 10.1. The van der Waals surface area contributed by atoms with Crippen LogP contribution < -0.4 is 5.32 Å². The second-order valence-electron chi connectivity index (χ2n) is 5.10. The van der Waals surface area contributed by atoms with Gasteiger partial charge in [0.2, 0.25) is 0 Å². The van der Waals surface area contributed by atoms with E-state index in [1.165, 1.54) is 19.3 Å². The number of nitro benzene ring substituents is 1. The average Bonchev–Trinajstić information content (AvgIpc) is 2.37. The summed E-state index contributed by atoms with van der Waals surface area (Å²) in [6.07, 6.45) is 4.89. The van der Waals surface area contributed by atoms with Crippen LogP contribution in [0.5, 0.6) is 0 Å². The Balaban J connectivity index is 2.53. The molecule has 0 aromatic heterocycles. The number of benzene rings is 1. The van der Waals surface area contributed by atoms with Crippen LogP contribution in [-0.4, -0.2) is 11.0 Å². The van der Waals surface area contributed by atoms with Gasteiger partial charge in [-0.25, -0.2) is 0 Å². The summed E-state index contributed by atoms with van der Waals surface area (Å²) in [4.78, 5) is 10.6. The number of hydrogen-bond donors (Lipinski definition) is 1. The molecule has 4 heteroatoms. The van der Waals surface area contributed by atoms with E-state index in [1.807, 2.05) is 13.0 Å². The molecule has 1 unspecified atom stereocenters. The Labute approximate surface area is 115 Å². The highest BCUT2D eigenvalue weighted by atomic mass is 16.6. The molecular weight excluding hydrogens is 240 g/mol. The van der Waals surface area contributed by atoms with Gasteiger partial charge >= 0.3 is 0 Å². The number of nitro groups is 1. The van der Waals surface area contributed by atoms with E-state index in [2.05, 4.69) is 19.2 Å². The highest BCUT2D eigenvalue weighted by molar-refractivity contribution is 5.44. The summed E-state index contributed by atoms with van der Waals surface area (Å²) < 4.78 is 0. The molecule has 0 aliphatic rings. The molecule has 0 amide bonds. The van der Waals surface area contributed by atoms with Crippen molar-refractivity contribution in [3.63, 3.8) is 0 Å². The SMILES string of the molecule is CCCCCC(C)NCc1cccc([N+](=O)[O-])c1C. The Kier molecular flexibility index (Phi) is 6.50. The number of nitrogens with zero attached hydrogens (tertiary/aromatic N) is 1. The molecule has 0 aliphatic carbocycles. The molecule has 0 bridgehead atoms. The number of rotatable bonds is 8. The quantitative estimate of drug-likeness (QED) is 0.439. The molecule has 1 N–H and O–H groups in total. The molecule has 1 aromatic carbocycles. The molecule has 19 heavy (non-hydrogen) atoms. The van der Waals surface area contributed by atoms with Gasteiger partial charge < -0.3 is 5.32 Å². The van der Waals surface area contributed by atoms with Crippen LogP contribution in [0.25, 0.3) is 0 Å². The van der Waals surface area contributed by atoms with E-state index in [0.29, 0.717) is 12.6 Å². The van der Waals surface area contributed by atoms with Crippen molar-refractivity contribution in [3.05, 3.63) is 39.4 Å². The molecule has 1 atom stereocenters. The first-order chi connectivity index (χ1) is 9.06. The molecule has 0 saturated heterocycles. The van der Waals surface area contributed by atoms with Gasteiger partial charge in [-0.3, -0.25) is 10.1 Å². The highest BCUT2D eigenvalue weighted by Gasteiger charge is 2.13. The van der Waals surface area contributed by atoms with Crippen molar-refractivity contribution in [2.24, 2.45) is 0 Å². The van der Waals surface area contributed by atoms with Crippen LogP contribution in [0.1, 0.15) is 50.7 Å². The van der Waals surface area contributed by atoms with Crippen LogP contribution in [-0.2, 0) is 6.54 Å². The maximum atomic E-state index is 10.9. The third-order valence-electron chi connectivity index (χ3n) is 3.50. The molecule has 106 valence electrons. The van der Waals surface area contributed by atoms with Crippen molar-refractivity contribution >= 4 is 5.69 Å². The van der Waals surface area contributed by atoms with Crippen molar-refractivity contribution in [2.75, 3.05) is 0 Å². The summed E-state index contributed by atoms with van der Waals surface area (Å²) in [6, 6.07) is 5.71. The second kappa shape index (κ2) is 7.89. The van der Waals surface area contributed by atoms with Crippen molar-refractivity contribution in [1.29, 1.82) is 0 Å². The standard InChI is InChI=1S/C15H24N2O2/c1-4-5-6-8-12(2)16-11-14-9-7-10-15(13(14)3)17(18)19/h7,9-10,12,16H,4-6,8,11H2,1-3H3. The summed E-state index contributed by atoms with van der Waals surface area (Å²) in [5.41, 5.74) is 1.98. The maximum absolute atomic E-state index is 10.9. The fourth-order valence-corrected chi connectivity index (χ4v) is 2.15. The van der Waals surface area contributed by atoms with E-state index in [1.54, 1.807) is 12.1 Å². The molecule has 0 spiro atoms. The Hall–Kier alpha value is -1.42. The monoisotopic (exact) mass is 264 g/mol. The zero-order valence-corrected chi connectivity index (χ0v) is 12.1. The molecule has 0 fully saturated rings. The topological polar surface area (TPSA) is 55.2 Å². The molecule has 0 aliphatic heterocycles. The number of unbranched alkanes of at least 4 members (excludes halogenated alkanes) is 2. The molecular formula is C15H24N2O2. The van der Waals surface area contributed by atoms with E-state index in [4.69, 9.17) is 0 Å². The van der Waals surface area contributed by atoms with E-state index < -0.39 is 0 Å². The van der Waals surface area contributed by atoms with Crippen LogP contribution in [0.4, 0.5) is 5.69 Å². The van der Waals surface area contributed by atoms with Gasteiger partial charge in [0.15, 0.2) is 0 Å². The lowest BCUT2D eigenvalue weighted by molar-refractivity contribution is -0.385. The predicted octanol–water partition coefficient (Wildman–Crippen LogP) is 3.96. The normalized spacial score (nSPS) is 12.4. The molecule has 0 heterocycles. The van der Waals surface area contributed by atoms with Crippen LogP contribution in [0, 0.1) is 17.0 Å². The second-order valence-corrected chi connectivity index (χ2v) is 5.10. The zero-order chi connectivity index (χ0) is 14.3. The molecule has 1 aromatic rings. The van der Waals surface area contributed by atoms with Gasteiger partial charge in [-0.15, -0.1) is 0 Å². The fourth-order valence-electron chi connectivity index (χ4n) is 2.15. The predicted molar refractivity (Wildman–Crippen MR) is 78.3 cm³/mol. The van der Waals surface area contributed by atoms with Gasteiger partial charge in [-0.1, -0.05) is 38.3 Å². The van der Waals surface area contributed by atoms with E-state index in [-0.39, 0.29) is 10.6 Å². The minimum Gasteiger partial charge on any atom is -0.310 e. The van der Waals surface area contributed by atoms with Crippen LogP contribution >= 0.6 is 0 Å². The summed E-state index contributed by atoms with van der Waals surface area (Å²) in [5, 5.41) is 14.3. The third-order valence-corrected chi connectivity index (χ3v) is 3.50. The average molecular weight is 264 g/mol.